The monoisotopic (exact) mass is 242 g/mol. The number of aliphatic carboxylic acids is 1. The van der Waals surface area contributed by atoms with E-state index in [1.807, 2.05) is 6.92 Å². The molecule has 17 heavy (non-hydrogen) atoms. The summed E-state index contributed by atoms with van der Waals surface area (Å²) in [4.78, 5) is 22.0. The standard InChI is InChI=1S/C12H22N2O3/c1-9(4-5-11(15)16)6-8-14-12(17)10-3-2-7-13-10/h9-10,13H,2-8H2,1H3,(H,14,17)(H,15,16)/t9?,10-/m0/s1. The zero-order valence-electron chi connectivity index (χ0n) is 10.4. The molecule has 0 aliphatic carbocycles. The molecule has 0 radical (unpaired) electrons. The Balaban J connectivity index is 2.06. The molecule has 2 atom stereocenters. The van der Waals surface area contributed by atoms with Crippen molar-refractivity contribution in [2.75, 3.05) is 13.1 Å². The maximum atomic E-state index is 11.6. The Morgan fingerprint density at radius 2 is 2.24 bits per heavy atom. The van der Waals surface area contributed by atoms with Crippen molar-refractivity contribution < 1.29 is 14.7 Å². The number of carbonyl (C=O) groups is 2. The predicted molar refractivity (Wildman–Crippen MR) is 64.7 cm³/mol. The van der Waals surface area contributed by atoms with Crippen LogP contribution in [0.15, 0.2) is 0 Å². The van der Waals surface area contributed by atoms with Gasteiger partial charge in [0.25, 0.3) is 0 Å². The zero-order valence-corrected chi connectivity index (χ0v) is 10.4. The normalized spacial score (nSPS) is 21.1. The van der Waals surface area contributed by atoms with Gasteiger partial charge in [-0.2, -0.15) is 0 Å². The minimum absolute atomic E-state index is 0.0238. The van der Waals surface area contributed by atoms with Crippen molar-refractivity contribution in [2.24, 2.45) is 5.92 Å². The fraction of sp³-hybridized carbons (Fsp3) is 0.833. The molecule has 98 valence electrons. The molecule has 0 aromatic carbocycles. The highest BCUT2D eigenvalue weighted by Crippen LogP contribution is 2.09. The minimum atomic E-state index is -0.754. The summed E-state index contributed by atoms with van der Waals surface area (Å²) in [6.45, 7) is 3.58. The van der Waals surface area contributed by atoms with E-state index in [-0.39, 0.29) is 18.4 Å². The van der Waals surface area contributed by atoms with Gasteiger partial charge in [0, 0.05) is 13.0 Å². The first-order valence-corrected chi connectivity index (χ1v) is 6.32. The van der Waals surface area contributed by atoms with E-state index in [9.17, 15) is 9.59 Å². The van der Waals surface area contributed by atoms with Crippen molar-refractivity contribution >= 4 is 11.9 Å². The quantitative estimate of drug-likeness (QED) is 0.615. The molecule has 1 rings (SSSR count). The summed E-state index contributed by atoms with van der Waals surface area (Å²) in [5.41, 5.74) is 0. The fourth-order valence-electron chi connectivity index (χ4n) is 1.99. The van der Waals surface area contributed by atoms with E-state index in [4.69, 9.17) is 5.11 Å². The van der Waals surface area contributed by atoms with Crippen LogP contribution in [0.4, 0.5) is 0 Å². The van der Waals surface area contributed by atoms with Gasteiger partial charge >= 0.3 is 5.97 Å². The maximum Gasteiger partial charge on any atom is 0.303 e. The van der Waals surface area contributed by atoms with E-state index < -0.39 is 5.97 Å². The molecular weight excluding hydrogens is 220 g/mol. The van der Waals surface area contributed by atoms with Crippen molar-refractivity contribution in [1.29, 1.82) is 0 Å². The van der Waals surface area contributed by atoms with Crippen LogP contribution in [-0.2, 0) is 9.59 Å². The summed E-state index contributed by atoms with van der Waals surface area (Å²) in [5.74, 6) is -0.341. The van der Waals surface area contributed by atoms with E-state index in [1.54, 1.807) is 0 Å². The van der Waals surface area contributed by atoms with Crippen LogP contribution in [0.1, 0.15) is 39.0 Å². The number of carboxylic acids is 1. The lowest BCUT2D eigenvalue weighted by Gasteiger charge is -2.13. The Morgan fingerprint density at radius 3 is 2.82 bits per heavy atom. The average molecular weight is 242 g/mol. The van der Waals surface area contributed by atoms with E-state index in [1.165, 1.54) is 0 Å². The first kappa shape index (κ1) is 14.0. The average Bonchev–Trinajstić information content (AvgIpc) is 2.79. The largest absolute Gasteiger partial charge is 0.481 e. The molecule has 1 saturated heterocycles. The van der Waals surface area contributed by atoms with Crippen molar-refractivity contribution in [3.8, 4) is 0 Å². The lowest BCUT2D eigenvalue weighted by atomic mass is 10.0. The molecule has 3 N–H and O–H groups in total. The molecule has 1 aliphatic heterocycles. The predicted octanol–water partition coefficient (Wildman–Crippen LogP) is 0.746. The van der Waals surface area contributed by atoms with Crippen molar-refractivity contribution in [1.82, 2.24) is 10.6 Å². The van der Waals surface area contributed by atoms with E-state index in [2.05, 4.69) is 10.6 Å². The SMILES string of the molecule is CC(CCNC(=O)[C@@H]1CCCN1)CCC(=O)O. The molecule has 0 aromatic heterocycles. The van der Waals surface area contributed by atoms with Crippen molar-refractivity contribution in [3.63, 3.8) is 0 Å². The van der Waals surface area contributed by atoms with Crippen LogP contribution >= 0.6 is 0 Å². The molecule has 1 fully saturated rings. The van der Waals surface area contributed by atoms with Gasteiger partial charge in [-0.15, -0.1) is 0 Å². The zero-order chi connectivity index (χ0) is 12.7. The van der Waals surface area contributed by atoms with Crippen LogP contribution < -0.4 is 10.6 Å². The van der Waals surface area contributed by atoms with Gasteiger partial charge in [-0.3, -0.25) is 9.59 Å². The van der Waals surface area contributed by atoms with E-state index in [0.717, 1.165) is 25.8 Å². The van der Waals surface area contributed by atoms with Crippen LogP contribution in [-0.4, -0.2) is 36.1 Å². The third-order valence-corrected chi connectivity index (χ3v) is 3.16. The van der Waals surface area contributed by atoms with Gasteiger partial charge in [0.2, 0.25) is 5.91 Å². The molecule has 1 amide bonds. The molecule has 1 heterocycles. The summed E-state index contributed by atoms with van der Waals surface area (Å²) in [5, 5.41) is 14.6. The number of hydrogen-bond donors (Lipinski definition) is 3. The first-order chi connectivity index (χ1) is 8.09. The second-order valence-corrected chi connectivity index (χ2v) is 4.77. The topological polar surface area (TPSA) is 78.4 Å². The van der Waals surface area contributed by atoms with Gasteiger partial charge in [-0.25, -0.2) is 0 Å². The van der Waals surface area contributed by atoms with E-state index in [0.29, 0.717) is 18.9 Å². The van der Waals surface area contributed by atoms with Crippen LogP contribution in [0.3, 0.4) is 0 Å². The van der Waals surface area contributed by atoms with E-state index >= 15 is 0 Å². The highest BCUT2D eigenvalue weighted by atomic mass is 16.4. The lowest BCUT2D eigenvalue weighted by molar-refractivity contribution is -0.137. The first-order valence-electron chi connectivity index (χ1n) is 6.32. The van der Waals surface area contributed by atoms with Gasteiger partial charge in [-0.05, 0) is 38.1 Å². The molecule has 0 aromatic rings. The highest BCUT2D eigenvalue weighted by Gasteiger charge is 2.21. The number of carbonyl (C=O) groups excluding carboxylic acids is 1. The number of carboxylic acid groups (broad SMARTS) is 1. The van der Waals surface area contributed by atoms with Gasteiger partial charge in [-0.1, -0.05) is 6.92 Å². The van der Waals surface area contributed by atoms with Gasteiger partial charge in [0.1, 0.15) is 0 Å². The number of hydrogen-bond acceptors (Lipinski definition) is 3. The lowest BCUT2D eigenvalue weighted by Crippen LogP contribution is -2.41. The fourth-order valence-corrected chi connectivity index (χ4v) is 1.99. The summed E-state index contributed by atoms with van der Waals surface area (Å²) < 4.78 is 0. The van der Waals surface area contributed by atoms with Gasteiger partial charge in [0.15, 0.2) is 0 Å². The molecule has 1 aliphatic rings. The molecule has 0 saturated carbocycles. The van der Waals surface area contributed by atoms with Crippen LogP contribution in [0.5, 0.6) is 0 Å². The summed E-state index contributed by atoms with van der Waals surface area (Å²) in [6, 6.07) is -0.0238. The second-order valence-electron chi connectivity index (χ2n) is 4.77. The Bertz CT molecular complexity index is 262. The number of amides is 1. The van der Waals surface area contributed by atoms with Crippen LogP contribution in [0.2, 0.25) is 0 Å². The molecule has 0 spiro atoms. The van der Waals surface area contributed by atoms with Gasteiger partial charge in [0.05, 0.1) is 6.04 Å². The van der Waals surface area contributed by atoms with Crippen molar-refractivity contribution in [3.05, 3.63) is 0 Å². The third-order valence-electron chi connectivity index (χ3n) is 3.16. The Kier molecular flexibility index (Phi) is 5.97. The summed E-state index contributed by atoms with van der Waals surface area (Å²) in [7, 11) is 0. The Hall–Kier alpha value is -1.10. The van der Waals surface area contributed by atoms with Crippen LogP contribution in [0, 0.1) is 5.92 Å². The molecular formula is C12H22N2O3. The Labute approximate surface area is 102 Å². The van der Waals surface area contributed by atoms with Crippen molar-refractivity contribution in [2.45, 2.75) is 45.1 Å². The summed E-state index contributed by atoms with van der Waals surface area (Å²) in [6.07, 6.45) is 3.70. The Morgan fingerprint density at radius 1 is 1.47 bits per heavy atom. The molecule has 5 heteroatoms. The van der Waals surface area contributed by atoms with Crippen LogP contribution in [0.25, 0.3) is 0 Å². The minimum Gasteiger partial charge on any atom is -0.481 e. The number of rotatable bonds is 7. The van der Waals surface area contributed by atoms with Gasteiger partial charge < -0.3 is 15.7 Å². The third kappa shape index (κ3) is 5.68. The second kappa shape index (κ2) is 7.27. The number of nitrogens with one attached hydrogen (secondary N) is 2. The maximum absolute atomic E-state index is 11.6. The highest BCUT2D eigenvalue weighted by molar-refractivity contribution is 5.81. The summed E-state index contributed by atoms with van der Waals surface area (Å²) >= 11 is 0. The molecule has 5 nitrogen and oxygen atoms in total. The molecule has 0 bridgehead atoms. The molecule has 1 unspecified atom stereocenters. The smallest absolute Gasteiger partial charge is 0.303 e.